The Morgan fingerprint density at radius 3 is 1.74 bits per heavy atom. The molecule has 218 valence electrons. The van der Waals surface area contributed by atoms with E-state index in [1.807, 2.05) is 67.0 Å². The average molecular weight is 570 g/mol. The highest BCUT2D eigenvalue weighted by Gasteiger charge is 2.12. The number of aliphatic imine (C=N–C) groups is 1. The van der Waals surface area contributed by atoms with Crippen molar-refractivity contribution in [3.05, 3.63) is 126 Å². The van der Waals surface area contributed by atoms with Crippen molar-refractivity contribution < 1.29 is 9.47 Å². The summed E-state index contributed by atoms with van der Waals surface area (Å²) in [6, 6.07) is 30.4. The number of nitriles is 1. The first-order valence-corrected chi connectivity index (χ1v) is 15.4. The third-order valence-electron chi connectivity index (χ3n) is 7.60. The van der Waals surface area contributed by atoms with Crippen LogP contribution in [0.4, 0.5) is 0 Å². The largest absolute Gasteiger partial charge is 0.494 e. The highest BCUT2D eigenvalue weighted by molar-refractivity contribution is 5.88. The number of nitrogens with zero attached hydrogens (tertiary/aromatic N) is 2. The van der Waals surface area contributed by atoms with Gasteiger partial charge in [-0.3, -0.25) is 4.99 Å². The number of nitrogens with one attached hydrogen (secondary N) is 1. The highest BCUT2D eigenvalue weighted by Crippen LogP contribution is 2.30. The molecule has 1 aromatic heterocycles. The fraction of sp³-hybridized carbons (Fsp3) is 0.263. The first-order chi connectivity index (χ1) is 21.3. The molecular formula is C38H39N3O2. The number of aromatic nitrogens is 1. The van der Waals surface area contributed by atoms with Gasteiger partial charge in [-0.25, -0.2) is 0 Å². The molecule has 1 N–H and O–H groups in total. The van der Waals surface area contributed by atoms with Crippen LogP contribution in [-0.4, -0.2) is 24.4 Å². The number of unbranched alkanes of at least 4 members (excludes halogenated alkanes) is 7. The standard InChI is InChI=1S/C38H39N3O2/c39-29-30-13-15-31(16-14-30)32-17-21-34(22-18-32)42-27-7-5-3-1-2-4-6-8-28-43-35-23-19-33(20-24-35)38(36-11-9-25-40-36)37-12-10-26-41-37/h9-26,40H,1-8,27-28H2/b38-37+. The van der Waals surface area contributed by atoms with Crippen LogP contribution in [0, 0.1) is 11.3 Å². The summed E-state index contributed by atoms with van der Waals surface area (Å²) in [7, 11) is 0. The van der Waals surface area contributed by atoms with Gasteiger partial charge in [-0.2, -0.15) is 5.26 Å². The maximum atomic E-state index is 8.95. The Labute approximate surface area is 255 Å². The second kappa shape index (κ2) is 16.0. The Hall–Kier alpha value is -4.82. The van der Waals surface area contributed by atoms with E-state index in [4.69, 9.17) is 14.7 Å². The normalized spacial score (nSPS) is 13.2. The minimum Gasteiger partial charge on any atom is -0.494 e. The van der Waals surface area contributed by atoms with Crippen LogP contribution in [0.2, 0.25) is 0 Å². The van der Waals surface area contributed by atoms with E-state index in [1.165, 1.54) is 38.5 Å². The Bertz CT molecular complexity index is 1530. The summed E-state index contributed by atoms with van der Waals surface area (Å²) in [6.45, 7) is 1.51. The molecule has 0 unspecified atom stereocenters. The van der Waals surface area contributed by atoms with E-state index < -0.39 is 0 Å². The van der Waals surface area contributed by atoms with Crippen molar-refractivity contribution >= 4 is 11.8 Å². The van der Waals surface area contributed by atoms with Crippen molar-refractivity contribution in [1.82, 2.24) is 4.98 Å². The zero-order valence-electron chi connectivity index (χ0n) is 24.7. The van der Waals surface area contributed by atoms with Gasteiger partial charge < -0.3 is 14.5 Å². The van der Waals surface area contributed by atoms with Crippen LogP contribution in [0.15, 0.2) is 114 Å². The van der Waals surface area contributed by atoms with Gasteiger partial charge in [-0.1, -0.05) is 74.9 Å². The lowest BCUT2D eigenvalue weighted by molar-refractivity contribution is 0.301. The number of H-pyrrole nitrogens is 1. The number of rotatable bonds is 16. The number of hydrogen-bond donors (Lipinski definition) is 1. The van der Waals surface area contributed by atoms with Crippen molar-refractivity contribution in [2.45, 2.75) is 51.4 Å². The summed E-state index contributed by atoms with van der Waals surface area (Å²) >= 11 is 0. The molecule has 1 aliphatic heterocycles. The molecule has 43 heavy (non-hydrogen) atoms. The van der Waals surface area contributed by atoms with Gasteiger partial charge in [0.25, 0.3) is 0 Å². The summed E-state index contributed by atoms with van der Waals surface area (Å²) < 4.78 is 11.9. The highest BCUT2D eigenvalue weighted by atomic mass is 16.5. The van der Waals surface area contributed by atoms with Crippen LogP contribution in [-0.2, 0) is 0 Å². The number of ether oxygens (including phenoxy) is 2. The van der Waals surface area contributed by atoms with Crippen molar-refractivity contribution in [3.8, 4) is 28.7 Å². The van der Waals surface area contributed by atoms with Crippen molar-refractivity contribution in [2.75, 3.05) is 13.2 Å². The quantitative estimate of drug-likeness (QED) is 0.137. The molecule has 5 heteroatoms. The summed E-state index contributed by atoms with van der Waals surface area (Å²) in [4.78, 5) is 7.81. The molecule has 4 aromatic rings. The van der Waals surface area contributed by atoms with Crippen molar-refractivity contribution in [2.24, 2.45) is 4.99 Å². The molecule has 5 nitrogen and oxygen atoms in total. The van der Waals surface area contributed by atoms with Gasteiger partial charge in [0, 0.05) is 23.7 Å². The number of allylic oxidation sites excluding steroid dienone is 2. The predicted octanol–water partition coefficient (Wildman–Crippen LogP) is 9.53. The monoisotopic (exact) mass is 569 g/mol. The summed E-state index contributed by atoms with van der Waals surface area (Å²) in [6.07, 6.45) is 17.4. The Balaban J connectivity index is 0.895. The van der Waals surface area contributed by atoms with Gasteiger partial charge in [-0.15, -0.1) is 0 Å². The van der Waals surface area contributed by atoms with Gasteiger partial charge >= 0.3 is 0 Å². The second-order valence-electron chi connectivity index (χ2n) is 10.7. The van der Waals surface area contributed by atoms with Gasteiger partial charge in [0.1, 0.15) is 11.5 Å². The smallest absolute Gasteiger partial charge is 0.119 e. The SMILES string of the molecule is N#Cc1ccc(-c2ccc(OCCCCCCCCCCOc3ccc(/C(=C4/C=CC=N4)c4ccc[nH]4)cc3)cc2)cc1. The lowest BCUT2D eigenvalue weighted by Gasteiger charge is -2.11. The van der Waals surface area contributed by atoms with Gasteiger partial charge in [0.05, 0.1) is 30.5 Å². The third-order valence-corrected chi connectivity index (χ3v) is 7.60. The fourth-order valence-electron chi connectivity index (χ4n) is 5.22. The molecule has 2 heterocycles. The van der Waals surface area contributed by atoms with E-state index in [9.17, 15) is 0 Å². The lowest BCUT2D eigenvalue weighted by atomic mass is 10.0. The maximum absolute atomic E-state index is 8.95. The van der Waals surface area contributed by atoms with Crippen LogP contribution in [0.25, 0.3) is 16.7 Å². The molecule has 0 saturated heterocycles. The van der Waals surface area contributed by atoms with E-state index >= 15 is 0 Å². The van der Waals surface area contributed by atoms with Crippen molar-refractivity contribution in [3.63, 3.8) is 0 Å². The zero-order valence-corrected chi connectivity index (χ0v) is 24.7. The van der Waals surface area contributed by atoms with E-state index in [-0.39, 0.29) is 0 Å². The number of hydrogen-bond acceptors (Lipinski definition) is 4. The van der Waals surface area contributed by atoms with Crippen LogP contribution < -0.4 is 9.47 Å². The number of benzene rings is 3. The molecule has 1 aliphatic rings. The molecule has 0 radical (unpaired) electrons. The topological polar surface area (TPSA) is 70.4 Å². The van der Waals surface area contributed by atoms with Crippen molar-refractivity contribution in [1.29, 1.82) is 5.26 Å². The summed E-state index contributed by atoms with van der Waals surface area (Å²) in [5, 5.41) is 8.95. The molecule has 0 aliphatic carbocycles. The second-order valence-corrected chi connectivity index (χ2v) is 10.7. The zero-order chi connectivity index (χ0) is 29.5. The molecular weight excluding hydrogens is 530 g/mol. The molecule has 0 fully saturated rings. The lowest BCUT2D eigenvalue weighted by Crippen LogP contribution is -1.98. The van der Waals surface area contributed by atoms with Gasteiger partial charge in [0.15, 0.2) is 0 Å². The van der Waals surface area contributed by atoms with E-state index in [0.29, 0.717) is 5.56 Å². The van der Waals surface area contributed by atoms with Crippen LogP contribution in [0.3, 0.4) is 0 Å². The molecule has 0 amide bonds. The minimum absolute atomic E-state index is 0.678. The van der Waals surface area contributed by atoms with Gasteiger partial charge in [0.2, 0.25) is 0 Å². The summed E-state index contributed by atoms with van der Waals surface area (Å²) in [5.41, 5.74) is 7.15. The van der Waals surface area contributed by atoms with Crippen LogP contribution in [0.1, 0.15) is 68.2 Å². The molecule has 0 spiro atoms. The Morgan fingerprint density at radius 2 is 1.23 bits per heavy atom. The third kappa shape index (κ3) is 8.83. The Kier molecular flexibility index (Phi) is 11.0. The molecule has 3 aromatic carbocycles. The van der Waals surface area contributed by atoms with E-state index in [1.54, 1.807) is 0 Å². The molecule has 0 atom stereocenters. The first-order valence-electron chi connectivity index (χ1n) is 15.4. The minimum atomic E-state index is 0.678. The maximum Gasteiger partial charge on any atom is 0.119 e. The predicted molar refractivity (Wildman–Crippen MR) is 175 cm³/mol. The molecule has 0 bridgehead atoms. The van der Waals surface area contributed by atoms with Crippen LogP contribution >= 0.6 is 0 Å². The van der Waals surface area contributed by atoms with E-state index in [2.05, 4.69) is 58.5 Å². The fourth-order valence-corrected chi connectivity index (χ4v) is 5.22. The van der Waals surface area contributed by atoms with E-state index in [0.717, 1.165) is 71.2 Å². The number of aromatic amines is 1. The molecule has 5 rings (SSSR count). The van der Waals surface area contributed by atoms with Crippen LogP contribution in [0.5, 0.6) is 11.5 Å². The summed E-state index contributed by atoms with van der Waals surface area (Å²) in [5.74, 6) is 1.82. The van der Waals surface area contributed by atoms with Gasteiger partial charge in [-0.05, 0) is 90.2 Å². The first kappa shape index (κ1) is 29.7. The molecule has 0 saturated carbocycles. The average Bonchev–Trinajstić information content (AvgIpc) is 3.79. The Morgan fingerprint density at radius 1 is 0.674 bits per heavy atom.